The molecule has 0 aliphatic heterocycles. The Morgan fingerprint density at radius 3 is 2.71 bits per heavy atom. The second-order valence-corrected chi connectivity index (χ2v) is 3.44. The molecule has 0 saturated carbocycles. The predicted octanol–water partition coefficient (Wildman–Crippen LogP) is 2.55. The molecule has 0 amide bonds. The average Bonchev–Trinajstić information content (AvgIpc) is 2.22. The standard InChI is InChI=1S/C10H16BrNO2/c1-3-4-5-6-8(9(12)7-11)10(13)14-2/h3-4,8,12H,5-7H2,1-2H3. The zero-order chi connectivity index (χ0) is 11.0. The molecule has 0 spiro atoms. The number of methoxy groups -OCH3 is 1. The number of ether oxygens (including phenoxy) is 1. The van der Waals surface area contributed by atoms with Gasteiger partial charge in [0.1, 0.15) is 0 Å². The topological polar surface area (TPSA) is 50.2 Å². The number of allylic oxidation sites excluding steroid dienone is 2. The molecule has 1 atom stereocenters. The molecule has 0 saturated heterocycles. The normalized spacial score (nSPS) is 12.8. The Balaban J connectivity index is 4.25. The molecule has 0 fully saturated rings. The van der Waals surface area contributed by atoms with Crippen molar-refractivity contribution in [3.05, 3.63) is 12.2 Å². The van der Waals surface area contributed by atoms with E-state index >= 15 is 0 Å². The van der Waals surface area contributed by atoms with E-state index in [4.69, 9.17) is 5.41 Å². The Morgan fingerprint density at radius 1 is 1.64 bits per heavy atom. The van der Waals surface area contributed by atoms with Gasteiger partial charge in [0.15, 0.2) is 0 Å². The second-order valence-electron chi connectivity index (χ2n) is 2.88. The van der Waals surface area contributed by atoms with Crippen molar-refractivity contribution < 1.29 is 9.53 Å². The lowest BCUT2D eigenvalue weighted by molar-refractivity contribution is -0.143. The number of hydrogen-bond acceptors (Lipinski definition) is 3. The van der Waals surface area contributed by atoms with Gasteiger partial charge in [-0.2, -0.15) is 0 Å². The monoisotopic (exact) mass is 261 g/mol. The highest BCUT2D eigenvalue weighted by Crippen LogP contribution is 2.12. The third kappa shape index (κ3) is 4.56. The first kappa shape index (κ1) is 13.4. The summed E-state index contributed by atoms with van der Waals surface area (Å²) < 4.78 is 4.64. The summed E-state index contributed by atoms with van der Waals surface area (Å²) >= 11 is 3.17. The number of halogens is 1. The predicted molar refractivity (Wildman–Crippen MR) is 61.1 cm³/mol. The molecular formula is C10H16BrNO2. The van der Waals surface area contributed by atoms with Gasteiger partial charge in [-0.1, -0.05) is 28.1 Å². The number of carbonyl (C=O) groups is 1. The first-order valence-electron chi connectivity index (χ1n) is 4.49. The van der Waals surface area contributed by atoms with Gasteiger partial charge in [0.2, 0.25) is 0 Å². The molecule has 0 aliphatic rings. The fraction of sp³-hybridized carbons (Fsp3) is 0.600. The van der Waals surface area contributed by atoms with Crippen LogP contribution in [-0.4, -0.2) is 24.1 Å². The summed E-state index contributed by atoms with van der Waals surface area (Å²) in [6.45, 7) is 1.93. The minimum Gasteiger partial charge on any atom is -0.469 e. The molecule has 1 unspecified atom stereocenters. The van der Waals surface area contributed by atoms with Gasteiger partial charge < -0.3 is 10.1 Å². The fourth-order valence-electron chi connectivity index (χ4n) is 1.10. The van der Waals surface area contributed by atoms with E-state index in [2.05, 4.69) is 20.7 Å². The molecule has 0 aliphatic carbocycles. The molecule has 3 nitrogen and oxygen atoms in total. The molecular weight excluding hydrogens is 246 g/mol. The fourth-order valence-corrected chi connectivity index (χ4v) is 1.49. The van der Waals surface area contributed by atoms with E-state index in [0.29, 0.717) is 17.5 Å². The van der Waals surface area contributed by atoms with Crippen LogP contribution in [0.2, 0.25) is 0 Å². The minimum absolute atomic E-state index is 0.320. The lowest BCUT2D eigenvalue weighted by atomic mass is 9.98. The number of hydrogen-bond donors (Lipinski definition) is 1. The van der Waals surface area contributed by atoms with E-state index < -0.39 is 5.92 Å². The first-order chi connectivity index (χ1) is 6.67. The third-order valence-corrected chi connectivity index (χ3v) is 2.51. The third-order valence-electron chi connectivity index (χ3n) is 1.91. The zero-order valence-corrected chi connectivity index (χ0v) is 10.1. The molecule has 80 valence electrons. The zero-order valence-electron chi connectivity index (χ0n) is 8.55. The van der Waals surface area contributed by atoms with Crippen molar-refractivity contribution in [3.63, 3.8) is 0 Å². The Morgan fingerprint density at radius 2 is 2.29 bits per heavy atom. The van der Waals surface area contributed by atoms with Crippen LogP contribution in [0.25, 0.3) is 0 Å². The summed E-state index contributed by atoms with van der Waals surface area (Å²) in [6.07, 6.45) is 5.36. The van der Waals surface area contributed by atoms with Gasteiger partial charge in [0, 0.05) is 11.0 Å². The average molecular weight is 262 g/mol. The van der Waals surface area contributed by atoms with Crippen molar-refractivity contribution in [2.75, 3.05) is 12.4 Å². The smallest absolute Gasteiger partial charge is 0.314 e. The SMILES string of the molecule is CC=CCCC(C(=N)CBr)C(=O)OC. The Labute approximate surface area is 93.2 Å². The lowest BCUT2D eigenvalue weighted by Gasteiger charge is -2.12. The molecule has 0 bridgehead atoms. The van der Waals surface area contributed by atoms with Crippen LogP contribution in [0.5, 0.6) is 0 Å². The van der Waals surface area contributed by atoms with Crippen LogP contribution in [0, 0.1) is 11.3 Å². The van der Waals surface area contributed by atoms with E-state index in [1.54, 1.807) is 0 Å². The second kappa shape index (κ2) is 7.74. The largest absolute Gasteiger partial charge is 0.469 e. The summed E-state index contributed by atoms with van der Waals surface area (Å²) in [5.74, 6) is -0.727. The van der Waals surface area contributed by atoms with Crippen LogP contribution >= 0.6 is 15.9 Å². The number of esters is 1. The van der Waals surface area contributed by atoms with Crippen molar-refractivity contribution in [1.82, 2.24) is 0 Å². The number of rotatable bonds is 6. The molecule has 0 aromatic heterocycles. The molecule has 0 aromatic carbocycles. The highest BCUT2D eigenvalue weighted by molar-refractivity contribution is 9.09. The summed E-state index contributed by atoms with van der Waals surface area (Å²) in [6, 6.07) is 0. The van der Waals surface area contributed by atoms with Gasteiger partial charge in [0.05, 0.1) is 13.0 Å². The highest BCUT2D eigenvalue weighted by Gasteiger charge is 2.22. The van der Waals surface area contributed by atoms with Crippen molar-refractivity contribution in [3.8, 4) is 0 Å². The molecule has 0 aromatic rings. The first-order valence-corrected chi connectivity index (χ1v) is 5.61. The Hall–Kier alpha value is -0.640. The van der Waals surface area contributed by atoms with E-state index in [1.165, 1.54) is 7.11 Å². The van der Waals surface area contributed by atoms with Crippen molar-refractivity contribution in [2.45, 2.75) is 19.8 Å². The van der Waals surface area contributed by atoms with Crippen molar-refractivity contribution in [2.24, 2.45) is 5.92 Å². The maximum absolute atomic E-state index is 11.3. The molecule has 1 N–H and O–H groups in total. The van der Waals surface area contributed by atoms with Crippen LogP contribution < -0.4 is 0 Å². The van der Waals surface area contributed by atoms with Crippen LogP contribution in [0.4, 0.5) is 0 Å². The molecule has 0 heterocycles. The summed E-state index contributed by atoms with van der Waals surface area (Å²) in [4.78, 5) is 11.3. The molecule has 0 radical (unpaired) electrons. The van der Waals surface area contributed by atoms with E-state index in [9.17, 15) is 4.79 Å². The lowest BCUT2D eigenvalue weighted by Crippen LogP contribution is -2.25. The summed E-state index contributed by atoms with van der Waals surface area (Å²) in [5, 5.41) is 8.01. The maximum atomic E-state index is 11.3. The van der Waals surface area contributed by atoms with E-state index in [-0.39, 0.29) is 5.97 Å². The number of alkyl halides is 1. The van der Waals surface area contributed by atoms with Crippen molar-refractivity contribution >= 4 is 27.6 Å². The number of carbonyl (C=O) groups excluding carboxylic acids is 1. The molecule has 14 heavy (non-hydrogen) atoms. The van der Waals surface area contributed by atoms with Gasteiger partial charge in [-0.25, -0.2) is 0 Å². The van der Waals surface area contributed by atoms with E-state index in [1.807, 2.05) is 19.1 Å². The Bertz CT molecular complexity index is 210. The maximum Gasteiger partial charge on any atom is 0.314 e. The van der Waals surface area contributed by atoms with Gasteiger partial charge in [0.25, 0.3) is 0 Å². The van der Waals surface area contributed by atoms with Crippen molar-refractivity contribution in [1.29, 1.82) is 5.41 Å². The van der Waals surface area contributed by atoms with E-state index in [0.717, 1.165) is 6.42 Å². The van der Waals surface area contributed by atoms with Gasteiger partial charge in [-0.05, 0) is 19.8 Å². The Kier molecular flexibility index (Phi) is 7.38. The van der Waals surface area contributed by atoms with Gasteiger partial charge in [-0.15, -0.1) is 0 Å². The molecule has 4 heteroatoms. The van der Waals surface area contributed by atoms with Crippen LogP contribution in [-0.2, 0) is 9.53 Å². The van der Waals surface area contributed by atoms with Gasteiger partial charge >= 0.3 is 5.97 Å². The van der Waals surface area contributed by atoms with Crippen LogP contribution in [0.1, 0.15) is 19.8 Å². The van der Waals surface area contributed by atoms with Crippen LogP contribution in [0.3, 0.4) is 0 Å². The molecule has 0 rings (SSSR count). The minimum atomic E-state index is -0.407. The summed E-state index contributed by atoms with van der Waals surface area (Å²) in [7, 11) is 1.35. The number of nitrogens with one attached hydrogen (secondary N) is 1. The van der Waals surface area contributed by atoms with Crippen LogP contribution in [0.15, 0.2) is 12.2 Å². The summed E-state index contributed by atoms with van der Waals surface area (Å²) in [5.41, 5.74) is 0.376. The highest BCUT2D eigenvalue weighted by atomic mass is 79.9. The van der Waals surface area contributed by atoms with Gasteiger partial charge in [-0.3, -0.25) is 4.79 Å². The quantitative estimate of drug-likeness (QED) is 0.346.